The van der Waals surface area contributed by atoms with Crippen LogP contribution >= 0.6 is 23.2 Å². The molecule has 0 amide bonds. The summed E-state index contributed by atoms with van der Waals surface area (Å²) in [6.07, 6.45) is 1.01. The van der Waals surface area contributed by atoms with E-state index in [9.17, 15) is 4.39 Å². The molecule has 0 saturated carbocycles. The molecule has 0 radical (unpaired) electrons. The topological polar surface area (TPSA) is 21.3 Å². The van der Waals surface area contributed by atoms with Gasteiger partial charge in [0.15, 0.2) is 11.6 Å². The Bertz CT molecular complexity index is 619. The maximum absolute atomic E-state index is 14.0. The Labute approximate surface area is 133 Å². The van der Waals surface area contributed by atoms with Crippen molar-refractivity contribution in [2.75, 3.05) is 6.54 Å². The van der Waals surface area contributed by atoms with Crippen molar-refractivity contribution < 1.29 is 9.13 Å². The average Bonchev–Trinajstić information content (AvgIpc) is 2.45. The second kappa shape index (κ2) is 7.64. The van der Waals surface area contributed by atoms with Crippen LogP contribution in [-0.4, -0.2) is 6.54 Å². The number of halogens is 3. The Morgan fingerprint density at radius 1 is 1.19 bits per heavy atom. The van der Waals surface area contributed by atoms with Crippen molar-refractivity contribution >= 4 is 23.2 Å². The highest BCUT2D eigenvalue weighted by atomic mass is 35.5. The fraction of sp³-hybridized carbons (Fsp3) is 0.250. The predicted octanol–water partition coefficient (Wildman–Crippen LogP) is 5.42. The highest BCUT2D eigenvalue weighted by Crippen LogP contribution is 2.34. The zero-order valence-electron chi connectivity index (χ0n) is 11.6. The quantitative estimate of drug-likeness (QED) is 0.715. The highest BCUT2D eigenvalue weighted by molar-refractivity contribution is 6.35. The molecule has 112 valence electrons. The predicted molar refractivity (Wildman–Crippen MR) is 84.9 cm³/mol. The largest absolute Gasteiger partial charge is 0.452 e. The third-order valence-corrected chi connectivity index (χ3v) is 3.43. The van der Waals surface area contributed by atoms with Crippen molar-refractivity contribution in [1.29, 1.82) is 0 Å². The monoisotopic (exact) mass is 327 g/mol. The van der Waals surface area contributed by atoms with Gasteiger partial charge in [-0.2, -0.15) is 0 Å². The molecule has 2 aromatic carbocycles. The van der Waals surface area contributed by atoms with Crippen molar-refractivity contribution in [3.05, 3.63) is 57.8 Å². The van der Waals surface area contributed by atoms with Crippen LogP contribution in [0.4, 0.5) is 4.39 Å². The molecule has 1 N–H and O–H groups in total. The van der Waals surface area contributed by atoms with Crippen LogP contribution in [0.25, 0.3) is 0 Å². The molecule has 0 aliphatic heterocycles. The van der Waals surface area contributed by atoms with Gasteiger partial charge in [-0.3, -0.25) is 0 Å². The minimum absolute atomic E-state index is 0.185. The van der Waals surface area contributed by atoms with E-state index in [1.54, 1.807) is 24.3 Å². The van der Waals surface area contributed by atoms with Gasteiger partial charge in [0.05, 0.1) is 5.02 Å². The first-order chi connectivity index (χ1) is 10.1. The van der Waals surface area contributed by atoms with Gasteiger partial charge in [0.1, 0.15) is 5.75 Å². The Balaban J connectivity index is 2.25. The summed E-state index contributed by atoms with van der Waals surface area (Å²) in [4.78, 5) is 0. The van der Waals surface area contributed by atoms with E-state index in [4.69, 9.17) is 27.9 Å². The van der Waals surface area contributed by atoms with E-state index in [0.29, 0.717) is 22.3 Å². The maximum atomic E-state index is 14.0. The van der Waals surface area contributed by atoms with Crippen molar-refractivity contribution in [3.8, 4) is 11.5 Å². The summed E-state index contributed by atoms with van der Waals surface area (Å²) in [5, 5.41) is 4.08. The van der Waals surface area contributed by atoms with Gasteiger partial charge in [-0.1, -0.05) is 42.3 Å². The number of hydrogen-bond donors (Lipinski definition) is 1. The van der Waals surface area contributed by atoms with Crippen LogP contribution in [0.3, 0.4) is 0 Å². The van der Waals surface area contributed by atoms with Crippen LogP contribution in [0.5, 0.6) is 11.5 Å². The van der Waals surface area contributed by atoms with Gasteiger partial charge >= 0.3 is 0 Å². The van der Waals surface area contributed by atoms with Crippen molar-refractivity contribution in [1.82, 2.24) is 5.32 Å². The summed E-state index contributed by atoms with van der Waals surface area (Å²) in [6, 6.07) is 9.69. The van der Waals surface area contributed by atoms with E-state index in [1.807, 2.05) is 6.07 Å². The van der Waals surface area contributed by atoms with E-state index in [-0.39, 0.29) is 5.75 Å². The lowest BCUT2D eigenvalue weighted by Gasteiger charge is -2.13. The third-order valence-electron chi connectivity index (χ3n) is 2.90. The summed E-state index contributed by atoms with van der Waals surface area (Å²) in [5.74, 6) is 0.144. The Hall–Kier alpha value is -1.29. The summed E-state index contributed by atoms with van der Waals surface area (Å²) in [5.41, 5.74) is 0.745. The molecule has 0 heterocycles. The van der Waals surface area contributed by atoms with Crippen LogP contribution in [-0.2, 0) is 6.54 Å². The van der Waals surface area contributed by atoms with Crippen LogP contribution in [0.1, 0.15) is 18.9 Å². The molecular weight excluding hydrogens is 312 g/mol. The second-order valence-corrected chi connectivity index (χ2v) is 5.43. The van der Waals surface area contributed by atoms with E-state index in [2.05, 4.69) is 12.2 Å². The van der Waals surface area contributed by atoms with Crippen LogP contribution in [0, 0.1) is 5.82 Å². The minimum Gasteiger partial charge on any atom is -0.452 e. The first-order valence-electron chi connectivity index (χ1n) is 6.73. The molecule has 0 spiro atoms. The van der Waals surface area contributed by atoms with Gasteiger partial charge in [0, 0.05) is 17.1 Å². The summed E-state index contributed by atoms with van der Waals surface area (Å²) >= 11 is 11.9. The normalized spacial score (nSPS) is 10.7. The number of nitrogens with one attached hydrogen (secondary N) is 1. The van der Waals surface area contributed by atoms with Gasteiger partial charge in [0.2, 0.25) is 0 Å². The minimum atomic E-state index is -0.420. The molecule has 0 fully saturated rings. The smallest absolute Gasteiger partial charge is 0.167 e. The highest BCUT2D eigenvalue weighted by Gasteiger charge is 2.12. The third kappa shape index (κ3) is 4.34. The lowest BCUT2D eigenvalue weighted by atomic mass is 10.2. The molecule has 0 bridgehead atoms. The molecule has 0 aliphatic rings. The Morgan fingerprint density at radius 3 is 2.71 bits per heavy atom. The molecule has 0 saturated heterocycles. The lowest BCUT2D eigenvalue weighted by molar-refractivity contribution is 0.433. The van der Waals surface area contributed by atoms with Crippen molar-refractivity contribution in [3.63, 3.8) is 0 Å². The number of benzene rings is 2. The molecule has 0 aromatic heterocycles. The van der Waals surface area contributed by atoms with Gasteiger partial charge < -0.3 is 10.1 Å². The van der Waals surface area contributed by atoms with E-state index in [0.717, 1.165) is 18.5 Å². The second-order valence-electron chi connectivity index (χ2n) is 4.58. The van der Waals surface area contributed by atoms with Crippen molar-refractivity contribution in [2.45, 2.75) is 19.9 Å². The zero-order chi connectivity index (χ0) is 15.2. The van der Waals surface area contributed by atoms with E-state index in [1.165, 1.54) is 6.07 Å². The summed E-state index contributed by atoms with van der Waals surface area (Å²) < 4.78 is 19.7. The molecule has 2 rings (SSSR count). The zero-order valence-corrected chi connectivity index (χ0v) is 13.1. The van der Waals surface area contributed by atoms with Gasteiger partial charge in [-0.25, -0.2) is 4.39 Å². The first kappa shape index (κ1) is 16.1. The van der Waals surface area contributed by atoms with E-state index >= 15 is 0 Å². The van der Waals surface area contributed by atoms with Crippen molar-refractivity contribution in [2.24, 2.45) is 0 Å². The van der Waals surface area contributed by atoms with Gasteiger partial charge in [0.25, 0.3) is 0 Å². The molecule has 2 nitrogen and oxygen atoms in total. The number of para-hydroxylation sites is 1. The molecule has 2 aromatic rings. The fourth-order valence-electron chi connectivity index (χ4n) is 1.87. The number of rotatable bonds is 6. The molecular formula is C16H16Cl2FNO. The maximum Gasteiger partial charge on any atom is 0.167 e. The van der Waals surface area contributed by atoms with Crippen LogP contribution in [0.15, 0.2) is 36.4 Å². The Morgan fingerprint density at radius 2 is 2.00 bits per heavy atom. The van der Waals surface area contributed by atoms with Crippen LogP contribution < -0.4 is 10.1 Å². The van der Waals surface area contributed by atoms with Gasteiger partial charge in [-0.05, 0) is 37.2 Å². The summed E-state index contributed by atoms with van der Waals surface area (Å²) in [7, 11) is 0. The van der Waals surface area contributed by atoms with Gasteiger partial charge in [-0.15, -0.1) is 0 Å². The molecule has 5 heteroatoms. The fourth-order valence-corrected chi connectivity index (χ4v) is 2.32. The molecule has 21 heavy (non-hydrogen) atoms. The number of hydrogen-bond acceptors (Lipinski definition) is 2. The van der Waals surface area contributed by atoms with Crippen LogP contribution in [0.2, 0.25) is 10.0 Å². The first-order valence-corrected chi connectivity index (χ1v) is 7.48. The SMILES string of the molecule is CCCNCc1cccc(F)c1Oc1ccc(Cl)cc1Cl. The molecule has 0 atom stereocenters. The average molecular weight is 328 g/mol. The van der Waals surface area contributed by atoms with E-state index < -0.39 is 5.82 Å². The summed E-state index contributed by atoms with van der Waals surface area (Å²) in [6.45, 7) is 3.47. The standard InChI is InChI=1S/C16H16Cl2FNO/c1-2-8-20-10-11-4-3-5-14(19)16(11)21-15-7-6-12(17)9-13(15)18/h3-7,9,20H,2,8,10H2,1H3. The lowest BCUT2D eigenvalue weighted by Crippen LogP contribution is -2.14. The number of ether oxygens (including phenoxy) is 1. The molecule has 0 unspecified atom stereocenters. The molecule has 0 aliphatic carbocycles. The Kier molecular flexibility index (Phi) is 5.85.